The number of nitrogens with zero attached hydrogens (tertiary/aromatic N) is 1. The fourth-order valence-electron chi connectivity index (χ4n) is 1.92. The number of rotatable bonds is 10. The van der Waals surface area contributed by atoms with Crippen LogP contribution in [0.15, 0.2) is 24.3 Å². The number of nitrogens with one attached hydrogen (secondary N) is 1. The molecule has 3 nitrogen and oxygen atoms in total. The fourth-order valence-corrected chi connectivity index (χ4v) is 1.92. The van der Waals surface area contributed by atoms with Gasteiger partial charge >= 0.3 is 0 Å². The monoisotopic (exact) mass is 264 g/mol. The third kappa shape index (κ3) is 7.98. The number of hydrogen-bond donors (Lipinski definition) is 1. The summed E-state index contributed by atoms with van der Waals surface area (Å²) >= 11 is 0. The van der Waals surface area contributed by atoms with Crippen LogP contribution in [-0.2, 0) is 11.3 Å². The lowest BCUT2D eigenvalue weighted by Crippen LogP contribution is -2.29. The molecule has 0 aliphatic carbocycles. The first kappa shape index (κ1) is 16.2. The van der Waals surface area contributed by atoms with Crippen LogP contribution in [0.3, 0.4) is 0 Å². The van der Waals surface area contributed by atoms with Gasteiger partial charge in [0.2, 0.25) is 0 Å². The molecule has 0 aromatic heterocycles. The molecule has 0 fully saturated rings. The second-order valence-electron chi connectivity index (χ2n) is 5.02. The van der Waals surface area contributed by atoms with Gasteiger partial charge in [0.25, 0.3) is 0 Å². The molecule has 1 aromatic carbocycles. The van der Waals surface area contributed by atoms with Crippen LogP contribution in [0.2, 0.25) is 0 Å². The number of ether oxygens (including phenoxy) is 1. The first-order valence-electron chi connectivity index (χ1n) is 7.25. The van der Waals surface area contributed by atoms with Gasteiger partial charge in [-0.15, -0.1) is 0 Å². The maximum atomic E-state index is 5.30. The van der Waals surface area contributed by atoms with Gasteiger partial charge in [-0.2, -0.15) is 0 Å². The van der Waals surface area contributed by atoms with E-state index in [-0.39, 0.29) is 0 Å². The summed E-state index contributed by atoms with van der Waals surface area (Å²) < 4.78 is 5.30. The van der Waals surface area contributed by atoms with Crippen LogP contribution in [0.4, 0.5) is 0 Å². The smallest absolute Gasteiger partial charge is 0.0477 e. The van der Waals surface area contributed by atoms with Crippen molar-refractivity contribution in [3.63, 3.8) is 0 Å². The minimum atomic E-state index is 0.819. The van der Waals surface area contributed by atoms with Crippen LogP contribution in [0.25, 0.3) is 0 Å². The highest BCUT2D eigenvalue weighted by molar-refractivity contribution is 5.21. The Morgan fingerprint density at radius 2 is 1.89 bits per heavy atom. The van der Waals surface area contributed by atoms with Gasteiger partial charge in [0, 0.05) is 32.8 Å². The Hall–Kier alpha value is -0.900. The summed E-state index contributed by atoms with van der Waals surface area (Å²) in [6.07, 6.45) is 1.09. The Labute approximate surface area is 118 Å². The molecule has 0 saturated carbocycles. The zero-order valence-electron chi connectivity index (χ0n) is 12.6. The van der Waals surface area contributed by atoms with Crippen molar-refractivity contribution in [2.75, 3.05) is 39.9 Å². The largest absolute Gasteiger partial charge is 0.382 e. The van der Waals surface area contributed by atoms with E-state index in [1.807, 2.05) is 6.92 Å². The molecule has 0 atom stereocenters. The predicted molar refractivity (Wildman–Crippen MR) is 81.5 cm³/mol. The van der Waals surface area contributed by atoms with E-state index in [0.717, 1.165) is 45.8 Å². The molecular formula is C16H28N2O. The topological polar surface area (TPSA) is 24.5 Å². The van der Waals surface area contributed by atoms with Crippen molar-refractivity contribution >= 4 is 0 Å². The van der Waals surface area contributed by atoms with Crippen molar-refractivity contribution in [3.05, 3.63) is 35.4 Å². The van der Waals surface area contributed by atoms with Crippen molar-refractivity contribution in [1.82, 2.24) is 10.2 Å². The SMILES string of the molecule is CCOCCCNCCN(C)Cc1ccc(C)cc1. The van der Waals surface area contributed by atoms with Crippen LogP contribution in [-0.4, -0.2) is 44.8 Å². The first-order chi connectivity index (χ1) is 9.22. The van der Waals surface area contributed by atoms with Gasteiger partial charge < -0.3 is 15.0 Å². The molecule has 0 unspecified atom stereocenters. The number of benzene rings is 1. The van der Waals surface area contributed by atoms with Crippen molar-refractivity contribution < 1.29 is 4.74 Å². The molecule has 0 heterocycles. The van der Waals surface area contributed by atoms with Crippen molar-refractivity contribution in [2.24, 2.45) is 0 Å². The van der Waals surface area contributed by atoms with Crippen LogP contribution in [0.5, 0.6) is 0 Å². The quantitative estimate of drug-likeness (QED) is 0.657. The van der Waals surface area contributed by atoms with E-state index in [1.54, 1.807) is 0 Å². The van der Waals surface area contributed by atoms with Crippen LogP contribution in [0.1, 0.15) is 24.5 Å². The summed E-state index contributed by atoms with van der Waals surface area (Å²) in [5.74, 6) is 0. The summed E-state index contributed by atoms with van der Waals surface area (Å²) in [7, 11) is 2.17. The van der Waals surface area contributed by atoms with E-state index in [0.29, 0.717) is 0 Å². The molecule has 19 heavy (non-hydrogen) atoms. The molecule has 3 heteroatoms. The minimum absolute atomic E-state index is 0.819. The van der Waals surface area contributed by atoms with E-state index in [9.17, 15) is 0 Å². The van der Waals surface area contributed by atoms with E-state index in [4.69, 9.17) is 4.74 Å². The lowest BCUT2D eigenvalue weighted by atomic mass is 10.1. The molecule has 0 aliphatic rings. The summed E-state index contributed by atoms with van der Waals surface area (Å²) in [5, 5.41) is 3.45. The van der Waals surface area contributed by atoms with Crippen LogP contribution < -0.4 is 5.32 Å². The van der Waals surface area contributed by atoms with Gasteiger partial charge in [-0.05, 0) is 39.4 Å². The molecule has 1 N–H and O–H groups in total. The lowest BCUT2D eigenvalue weighted by molar-refractivity contribution is 0.144. The summed E-state index contributed by atoms with van der Waals surface area (Å²) in [6.45, 7) is 10.0. The third-order valence-electron chi connectivity index (χ3n) is 3.09. The number of hydrogen-bond acceptors (Lipinski definition) is 3. The summed E-state index contributed by atoms with van der Waals surface area (Å²) in [6, 6.07) is 8.77. The van der Waals surface area contributed by atoms with Gasteiger partial charge in [-0.25, -0.2) is 0 Å². The molecule has 0 spiro atoms. The molecule has 0 amide bonds. The number of likely N-dealkylation sites (N-methyl/N-ethyl adjacent to an activating group) is 1. The summed E-state index contributed by atoms with van der Waals surface area (Å²) in [4.78, 5) is 2.35. The molecule has 1 aromatic rings. The minimum Gasteiger partial charge on any atom is -0.382 e. The zero-order chi connectivity index (χ0) is 13.9. The van der Waals surface area contributed by atoms with E-state index < -0.39 is 0 Å². The predicted octanol–water partition coefficient (Wildman–Crippen LogP) is 2.44. The zero-order valence-corrected chi connectivity index (χ0v) is 12.6. The van der Waals surface area contributed by atoms with Crippen LogP contribution >= 0.6 is 0 Å². The maximum Gasteiger partial charge on any atom is 0.0477 e. The second kappa shape index (κ2) is 9.96. The average molecular weight is 264 g/mol. The molecule has 0 saturated heterocycles. The molecule has 1 rings (SSSR count). The Morgan fingerprint density at radius 3 is 2.58 bits per heavy atom. The summed E-state index contributed by atoms with van der Waals surface area (Å²) in [5.41, 5.74) is 2.70. The maximum absolute atomic E-state index is 5.30. The molecule has 108 valence electrons. The van der Waals surface area contributed by atoms with Crippen LogP contribution in [0, 0.1) is 6.92 Å². The van der Waals surface area contributed by atoms with Crippen molar-refractivity contribution in [1.29, 1.82) is 0 Å². The van der Waals surface area contributed by atoms with E-state index in [2.05, 4.69) is 48.5 Å². The highest BCUT2D eigenvalue weighted by Gasteiger charge is 1.99. The molecular weight excluding hydrogens is 236 g/mol. The van der Waals surface area contributed by atoms with E-state index in [1.165, 1.54) is 11.1 Å². The average Bonchev–Trinajstić information content (AvgIpc) is 2.40. The Morgan fingerprint density at radius 1 is 1.16 bits per heavy atom. The second-order valence-corrected chi connectivity index (χ2v) is 5.02. The molecule has 0 bridgehead atoms. The Kier molecular flexibility index (Phi) is 8.47. The van der Waals surface area contributed by atoms with Gasteiger partial charge in [-0.3, -0.25) is 0 Å². The van der Waals surface area contributed by atoms with Crippen molar-refractivity contribution in [3.8, 4) is 0 Å². The van der Waals surface area contributed by atoms with E-state index >= 15 is 0 Å². The number of aryl methyl sites for hydroxylation is 1. The molecule has 0 radical (unpaired) electrons. The lowest BCUT2D eigenvalue weighted by Gasteiger charge is -2.17. The normalized spacial score (nSPS) is 11.2. The van der Waals surface area contributed by atoms with Gasteiger partial charge in [-0.1, -0.05) is 29.8 Å². The highest BCUT2D eigenvalue weighted by Crippen LogP contribution is 2.05. The Bertz CT molecular complexity index is 324. The van der Waals surface area contributed by atoms with Gasteiger partial charge in [0.05, 0.1) is 0 Å². The molecule has 0 aliphatic heterocycles. The van der Waals surface area contributed by atoms with Crippen molar-refractivity contribution in [2.45, 2.75) is 26.8 Å². The van der Waals surface area contributed by atoms with Gasteiger partial charge in [0.1, 0.15) is 0 Å². The highest BCUT2D eigenvalue weighted by atomic mass is 16.5. The fraction of sp³-hybridized carbons (Fsp3) is 0.625. The standard InChI is InChI=1S/C16H28N2O/c1-4-19-13-5-10-17-11-12-18(3)14-16-8-6-15(2)7-9-16/h6-9,17H,4-5,10-14H2,1-3H3. The Balaban J connectivity index is 2.04. The van der Waals surface area contributed by atoms with Gasteiger partial charge in [0.15, 0.2) is 0 Å². The third-order valence-corrected chi connectivity index (χ3v) is 3.09. The first-order valence-corrected chi connectivity index (χ1v) is 7.25.